The maximum atomic E-state index is 5.16. The quantitative estimate of drug-likeness (QED) is 0.157. The second kappa shape index (κ2) is 8.15. The molecule has 0 atom stereocenters. The average Bonchev–Trinajstić information content (AvgIpc) is 2.86. The van der Waals surface area contributed by atoms with E-state index < -0.39 is 0 Å². The van der Waals surface area contributed by atoms with Gasteiger partial charge in [0.25, 0.3) is 0 Å². The fourth-order valence-corrected chi connectivity index (χ4v) is 4.99. The molecule has 156 valence electrons. The molecule has 0 aromatic heterocycles. The zero-order valence-electron chi connectivity index (χ0n) is 17.8. The maximum Gasteiger partial charge on any atom is 0.0747 e. The van der Waals surface area contributed by atoms with Gasteiger partial charge < -0.3 is 0 Å². The Morgan fingerprint density at radius 2 is 1.00 bits per heavy atom. The highest BCUT2D eigenvalue weighted by Gasteiger charge is 2.11. The summed E-state index contributed by atoms with van der Waals surface area (Å²) in [5.41, 5.74) is 5.84. The van der Waals surface area contributed by atoms with Crippen LogP contribution in [-0.2, 0) is 0 Å². The molecule has 0 amide bonds. The molecule has 0 fully saturated rings. The maximum absolute atomic E-state index is 5.16. The van der Waals surface area contributed by atoms with Crippen LogP contribution in [0.4, 0.5) is 0 Å². The Bertz CT molecular complexity index is 1660. The highest BCUT2D eigenvalue weighted by atomic mass is 32.1. The summed E-state index contributed by atoms with van der Waals surface area (Å²) in [7, 11) is 0. The van der Waals surface area contributed by atoms with Crippen LogP contribution in [0.25, 0.3) is 54.6 Å². The molecule has 0 unspecified atom stereocenters. The van der Waals surface area contributed by atoms with E-state index in [4.69, 9.17) is 12.2 Å². The normalized spacial score (nSPS) is 11.3. The monoisotopic (exact) mass is 456 g/mol. The molecule has 6 aromatic rings. The molecule has 6 aromatic carbocycles. The first-order chi connectivity index (χ1) is 16.2. The van der Waals surface area contributed by atoms with Crippen molar-refractivity contribution in [2.45, 2.75) is 0 Å². The number of hydrogen-bond donors (Lipinski definition) is 1. The minimum atomic E-state index is 0.618. The number of thiol groups is 1. The third-order valence-corrected chi connectivity index (χ3v) is 6.86. The van der Waals surface area contributed by atoms with Crippen molar-refractivity contribution in [3.05, 3.63) is 121 Å². The molecule has 0 aliphatic rings. The lowest BCUT2D eigenvalue weighted by atomic mass is 9.90. The predicted molar refractivity (Wildman–Crippen MR) is 151 cm³/mol. The number of fused-ring (bicyclic) bond motifs is 3. The fourth-order valence-electron chi connectivity index (χ4n) is 4.70. The van der Waals surface area contributed by atoms with Crippen molar-refractivity contribution >= 4 is 61.4 Å². The van der Waals surface area contributed by atoms with Gasteiger partial charge in [-0.2, -0.15) is 0 Å². The SMILES string of the molecule is S=C(S)c1ccc(-c2ccc(-c3c4ccccc4cc4cc5ccccc5cc34)cc2)cc1. The van der Waals surface area contributed by atoms with Crippen LogP contribution in [0.3, 0.4) is 0 Å². The molecule has 0 saturated carbocycles. The lowest BCUT2D eigenvalue weighted by Gasteiger charge is -2.14. The van der Waals surface area contributed by atoms with Crippen molar-refractivity contribution in [3.8, 4) is 22.3 Å². The summed E-state index contributed by atoms with van der Waals surface area (Å²) in [6, 6.07) is 41.4. The van der Waals surface area contributed by atoms with E-state index in [1.165, 1.54) is 54.6 Å². The molecule has 0 aliphatic heterocycles. The average molecular weight is 457 g/mol. The smallest absolute Gasteiger partial charge is 0.0747 e. The zero-order valence-corrected chi connectivity index (χ0v) is 19.5. The summed E-state index contributed by atoms with van der Waals surface area (Å²) in [6.07, 6.45) is 0. The van der Waals surface area contributed by atoms with E-state index >= 15 is 0 Å². The molecular formula is C31H20S2. The Hall–Kier alpha value is -3.46. The van der Waals surface area contributed by atoms with Gasteiger partial charge in [-0.25, -0.2) is 0 Å². The van der Waals surface area contributed by atoms with Crippen LogP contribution < -0.4 is 0 Å². The van der Waals surface area contributed by atoms with Crippen LogP contribution in [0, 0.1) is 0 Å². The Morgan fingerprint density at radius 3 is 1.67 bits per heavy atom. The van der Waals surface area contributed by atoms with Gasteiger partial charge in [0.05, 0.1) is 4.20 Å². The van der Waals surface area contributed by atoms with E-state index in [1.54, 1.807) is 0 Å². The van der Waals surface area contributed by atoms with E-state index in [-0.39, 0.29) is 0 Å². The highest BCUT2D eigenvalue weighted by Crippen LogP contribution is 2.38. The number of benzene rings is 6. The summed E-state index contributed by atoms with van der Waals surface area (Å²) in [4.78, 5) is 0. The van der Waals surface area contributed by atoms with Crippen molar-refractivity contribution in [1.29, 1.82) is 0 Å². The minimum absolute atomic E-state index is 0.618. The van der Waals surface area contributed by atoms with E-state index in [9.17, 15) is 0 Å². The first-order valence-corrected chi connectivity index (χ1v) is 11.8. The summed E-state index contributed by atoms with van der Waals surface area (Å²) in [5, 5.41) is 7.62. The second-order valence-electron chi connectivity index (χ2n) is 8.35. The highest BCUT2D eigenvalue weighted by molar-refractivity contribution is 8.11. The topological polar surface area (TPSA) is 0 Å². The first-order valence-electron chi connectivity index (χ1n) is 11.0. The van der Waals surface area contributed by atoms with Gasteiger partial charge in [-0.05, 0) is 78.3 Å². The lowest BCUT2D eigenvalue weighted by Crippen LogP contribution is -1.88. The third kappa shape index (κ3) is 3.62. The van der Waals surface area contributed by atoms with Gasteiger partial charge in [0, 0.05) is 0 Å². The summed E-state index contributed by atoms with van der Waals surface area (Å²) in [5.74, 6) is 0. The van der Waals surface area contributed by atoms with E-state index in [0.717, 1.165) is 5.56 Å². The number of thiocarbonyl (C=S) groups is 1. The van der Waals surface area contributed by atoms with Crippen LogP contribution in [-0.4, -0.2) is 4.20 Å². The first kappa shape index (κ1) is 20.2. The third-order valence-electron chi connectivity index (χ3n) is 6.37. The van der Waals surface area contributed by atoms with Crippen molar-refractivity contribution in [2.75, 3.05) is 0 Å². The molecule has 0 N–H and O–H groups in total. The van der Waals surface area contributed by atoms with Gasteiger partial charge in [-0.1, -0.05) is 109 Å². The van der Waals surface area contributed by atoms with Gasteiger partial charge in [0.2, 0.25) is 0 Å². The van der Waals surface area contributed by atoms with Crippen LogP contribution in [0.5, 0.6) is 0 Å². The van der Waals surface area contributed by atoms with Crippen molar-refractivity contribution in [2.24, 2.45) is 0 Å². The van der Waals surface area contributed by atoms with E-state index in [2.05, 4.69) is 116 Å². The largest absolute Gasteiger partial charge is 0.131 e. The van der Waals surface area contributed by atoms with Gasteiger partial charge in [-0.3, -0.25) is 0 Å². The van der Waals surface area contributed by atoms with Gasteiger partial charge in [0.15, 0.2) is 0 Å². The molecule has 33 heavy (non-hydrogen) atoms. The standard InChI is InChI=1S/C31H20S2/c32-31(33)23-15-11-21(12-16-23)20-9-13-22(14-10-20)30-28-8-4-3-7-26(28)18-27-17-24-5-1-2-6-25(24)19-29(27)30/h1-19H,(H,32,33). The van der Waals surface area contributed by atoms with Crippen molar-refractivity contribution < 1.29 is 0 Å². The van der Waals surface area contributed by atoms with Crippen LogP contribution >= 0.6 is 24.8 Å². The molecule has 2 heteroatoms. The second-order valence-corrected chi connectivity index (χ2v) is 9.51. The van der Waals surface area contributed by atoms with Gasteiger partial charge in [0.1, 0.15) is 0 Å². The number of rotatable bonds is 3. The Labute approximate surface area is 203 Å². The summed E-state index contributed by atoms with van der Waals surface area (Å²) < 4.78 is 0.618. The van der Waals surface area contributed by atoms with Gasteiger partial charge in [-0.15, -0.1) is 12.6 Å². The lowest BCUT2D eigenvalue weighted by molar-refractivity contribution is 1.60. The van der Waals surface area contributed by atoms with Crippen LogP contribution in [0.15, 0.2) is 115 Å². The van der Waals surface area contributed by atoms with Crippen LogP contribution in [0.2, 0.25) is 0 Å². The molecule has 0 radical (unpaired) electrons. The molecule has 6 rings (SSSR count). The van der Waals surface area contributed by atoms with Gasteiger partial charge >= 0.3 is 0 Å². The van der Waals surface area contributed by atoms with Crippen LogP contribution in [0.1, 0.15) is 5.56 Å². The molecule has 0 saturated heterocycles. The van der Waals surface area contributed by atoms with E-state index in [0.29, 0.717) is 4.20 Å². The molecule has 0 heterocycles. The Balaban J connectivity index is 1.54. The number of hydrogen-bond acceptors (Lipinski definition) is 1. The Morgan fingerprint density at radius 1 is 0.485 bits per heavy atom. The molecule has 0 nitrogen and oxygen atoms in total. The fraction of sp³-hybridized carbons (Fsp3) is 0. The molecule has 0 aliphatic carbocycles. The Kier molecular flexibility index (Phi) is 4.98. The summed E-state index contributed by atoms with van der Waals surface area (Å²) in [6.45, 7) is 0. The van der Waals surface area contributed by atoms with Crippen molar-refractivity contribution in [1.82, 2.24) is 0 Å². The zero-order chi connectivity index (χ0) is 22.4. The van der Waals surface area contributed by atoms with Crippen molar-refractivity contribution in [3.63, 3.8) is 0 Å². The molecule has 0 bridgehead atoms. The minimum Gasteiger partial charge on any atom is -0.131 e. The molecule has 0 spiro atoms. The van der Waals surface area contributed by atoms with E-state index in [1.807, 2.05) is 12.1 Å². The predicted octanol–water partition coefficient (Wildman–Crippen LogP) is 9.09. The summed E-state index contributed by atoms with van der Waals surface area (Å²) >= 11 is 9.44. The molecular weight excluding hydrogens is 436 g/mol.